The standard InChI is InChI=1S/C24H25N3O2S/c1-17-9-10-19(16-18(17)2)30-23-20(6-5-11-25-23)24(29)27-14-12-26(13-15-27)21-7-3-4-8-22(21)28/h3-11,16,28H,12-15H2,1-2H3. The van der Waals surface area contributed by atoms with Gasteiger partial charge in [0, 0.05) is 37.3 Å². The summed E-state index contributed by atoms with van der Waals surface area (Å²) in [5.74, 6) is 0.281. The number of hydrogen-bond acceptors (Lipinski definition) is 5. The second kappa shape index (κ2) is 8.79. The van der Waals surface area contributed by atoms with Crippen LogP contribution < -0.4 is 4.90 Å². The predicted molar refractivity (Wildman–Crippen MR) is 120 cm³/mol. The van der Waals surface area contributed by atoms with Gasteiger partial charge in [-0.1, -0.05) is 30.0 Å². The van der Waals surface area contributed by atoms with E-state index < -0.39 is 0 Å². The Kier molecular flexibility index (Phi) is 5.95. The summed E-state index contributed by atoms with van der Waals surface area (Å²) in [7, 11) is 0. The fourth-order valence-electron chi connectivity index (χ4n) is 3.58. The molecule has 3 aromatic rings. The maximum atomic E-state index is 13.2. The van der Waals surface area contributed by atoms with Gasteiger partial charge in [0.15, 0.2) is 0 Å². The van der Waals surface area contributed by atoms with Crippen molar-refractivity contribution < 1.29 is 9.90 Å². The second-order valence-electron chi connectivity index (χ2n) is 7.47. The number of aromatic hydroxyl groups is 1. The minimum absolute atomic E-state index is 0.00590. The van der Waals surface area contributed by atoms with Crippen LogP contribution in [-0.4, -0.2) is 47.1 Å². The van der Waals surface area contributed by atoms with E-state index >= 15 is 0 Å². The first-order chi connectivity index (χ1) is 14.5. The van der Waals surface area contributed by atoms with Crippen LogP contribution in [0.4, 0.5) is 5.69 Å². The minimum Gasteiger partial charge on any atom is -0.506 e. The van der Waals surface area contributed by atoms with Crippen molar-refractivity contribution in [3.05, 3.63) is 77.5 Å². The lowest BCUT2D eigenvalue weighted by Gasteiger charge is -2.36. The number of hydrogen-bond donors (Lipinski definition) is 1. The minimum atomic E-state index is 0.00590. The van der Waals surface area contributed by atoms with E-state index in [9.17, 15) is 9.90 Å². The van der Waals surface area contributed by atoms with E-state index in [1.807, 2.05) is 35.2 Å². The summed E-state index contributed by atoms with van der Waals surface area (Å²) in [6.45, 7) is 6.76. The van der Waals surface area contributed by atoms with Crippen molar-refractivity contribution in [3.8, 4) is 5.75 Å². The number of carbonyl (C=O) groups excluding carboxylic acids is 1. The molecule has 1 amide bonds. The summed E-state index contributed by atoms with van der Waals surface area (Å²) in [6, 6.07) is 17.3. The third kappa shape index (κ3) is 4.28. The molecule has 1 N–H and O–H groups in total. The first kappa shape index (κ1) is 20.3. The Balaban J connectivity index is 1.48. The lowest BCUT2D eigenvalue weighted by atomic mass is 10.1. The number of benzene rings is 2. The zero-order valence-corrected chi connectivity index (χ0v) is 18.0. The van der Waals surface area contributed by atoms with E-state index in [0.29, 0.717) is 31.7 Å². The van der Waals surface area contributed by atoms with Crippen molar-refractivity contribution in [2.24, 2.45) is 0 Å². The van der Waals surface area contributed by atoms with Crippen LogP contribution in [0.1, 0.15) is 21.5 Å². The Labute approximate surface area is 181 Å². The summed E-state index contributed by atoms with van der Waals surface area (Å²) < 4.78 is 0. The lowest BCUT2D eigenvalue weighted by Crippen LogP contribution is -2.49. The number of aryl methyl sites for hydroxylation is 2. The molecule has 0 bridgehead atoms. The molecule has 0 radical (unpaired) electrons. The van der Waals surface area contributed by atoms with Crippen molar-refractivity contribution in [1.82, 2.24) is 9.88 Å². The molecule has 0 unspecified atom stereocenters. The number of amides is 1. The van der Waals surface area contributed by atoms with Crippen molar-refractivity contribution in [2.75, 3.05) is 31.1 Å². The number of nitrogens with zero attached hydrogens (tertiary/aromatic N) is 3. The van der Waals surface area contributed by atoms with Crippen molar-refractivity contribution in [2.45, 2.75) is 23.8 Å². The first-order valence-electron chi connectivity index (χ1n) is 10.1. The van der Waals surface area contributed by atoms with Gasteiger partial charge in [0.25, 0.3) is 5.91 Å². The summed E-state index contributed by atoms with van der Waals surface area (Å²) >= 11 is 1.53. The van der Waals surface area contributed by atoms with Gasteiger partial charge in [-0.3, -0.25) is 4.79 Å². The van der Waals surface area contributed by atoms with Crippen molar-refractivity contribution >= 4 is 23.4 Å². The molecule has 2 aromatic carbocycles. The van der Waals surface area contributed by atoms with Crippen LogP contribution in [0.5, 0.6) is 5.75 Å². The summed E-state index contributed by atoms with van der Waals surface area (Å²) in [6.07, 6.45) is 1.73. The average Bonchev–Trinajstić information content (AvgIpc) is 2.77. The van der Waals surface area contributed by atoms with Crippen LogP contribution in [0.3, 0.4) is 0 Å². The summed E-state index contributed by atoms with van der Waals surface area (Å²) in [5, 5.41) is 10.8. The van der Waals surface area contributed by atoms with Gasteiger partial charge in [-0.05, 0) is 61.4 Å². The molecule has 1 aliphatic heterocycles. The topological polar surface area (TPSA) is 56.7 Å². The molecule has 1 saturated heterocycles. The van der Waals surface area contributed by atoms with Gasteiger partial charge in [-0.25, -0.2) is 4.98 Å². The highest BCUT2D eigenvalue weighted by atomic mass is 32.2. The monoisotopic (exact) mass is 419 g/mol. The number of pyridine rings is 1. The Morgan fingerprint density at radius 3 is 2.47 bits per heavy atom. The maximum absolute atomic E-state index is 13.2. The SMILES string of the molecule is Cc1ccc(Sc2ncccc2C(=O)N2CCN(c3ccccc3O)CC2)cc1C. The van der Waals surface area contributed by atoms with Crippen LogP contribution in [0, 0.1) is 13.8 Å². The first-order valence-corrected chi connectivity index (χ1v) is 10.9. The zero-order valence-electron chi connectivity index (χ0n) is 17.2. The predicted octanol–water partition coefficient (Wildman–Crippen LogP) is 4.52. The number of phenols is 1. The molecule has 30 heavy (non-hydrogen) atoms. The Hall–Kier alpha value is -2.99. The van der Waals surface area contributed by atoms with Gasteiger partial charge in [-0.2, -0.15) is 0 Å². The third-order valence-electron chi connectivity index (χ3n) is 5.48. The van der Waals surface area contributed by atoms with Crippen molar-refractivity contribution in [1.29, 1.82) is 0 Å². The van der Waals surface area contributed by atoms with Crippen molar-refractivity contribution in [3.63, 3.8) is 0 Å². The number of piperazine rings is 1. The van der Waals surface area contributed by atoms with Crippen LogP contribution in [0.15, 0.2) is 70.7 Å². The molecule has 0 aliphatic carbocycles. The van der Waals surface area contributed by atoms with Gasteiger partial charge in [0.05, 0.1) is 11.3 Å². The van der Waals surface area contributed by atoms with Crippen LogP contribution >= 0.6 is 11.8 Å². The molecule has 0 saturated carbocycles. The van der Waals surface area contributed by atoms with Crippen LogP contribution in [0.2, 0.25) is 0 Å². The highest BCUT2D eigenvalue weighted by Gasteiger charge is 2.25. The average molecular weight is 420 g/mol. The van der Waals surface area contributed by atoms with Crippen LogP contribution in [0.25, 0.3) is 0 Å². The smallest absolute Gasteiger partial charge is 0.256 e. The molecule has 0 atom stereocenters. The normalized spacial score (nSPS) is 14.1. The lowest BCUT2D eigenvalue weighted by molar-refractivity contribution is 0.0742. The van der Waals surface area contributed by atoms with Gasteiger partial charge < -0.3 is 14.9 Å². The number of phenolic OH excluding ortho intramolecular Hbond substituents is 1. The third-order valence-corrected chi connectivity index (χ3v) is 6.49. The highest BCUT2D eigenvalue weighted by Crippen LogP contribution is 2.31. The molecule has 6 heteroatoms. The van der Waals surface area contributed by atoms with E-state index in [4.69, 9.17) is 0 Å². The molecule has 0 spiro atoms. The fourth-order valence-corrected chi connectivity index (χ4v) is 4.55. The molecule has 1 aromatic heterocycles. The molecular weight excluding hydrogens is 394 g/mol. The molecule has 2 heterocycles. The molecule has 1 fully saturated rings. The van der Waals surface area contributed by atoms with Gasteiger partial charge in [0.1, 0.15) is 10.8 Å². The van der Waals surface area contributed by atoms with E-state index in [1.165, 1.54) is 22.9 Å². The number of rotatable bonds is 4. The van der Waals surface area contributed by atoms with Gasteiger partial charge >= 0.3 is 0 Å². The quantitative estimate of drug-likeness (QED) is 0.674. The largest absolute Gasteiger partial charge is 0.506 e. The van der Waals surface area contributed by atoms with Gasteiger partial charge in [-0.15, -0.1) is 0 Å². The van der Waals surface area contributed by atoms with Gasteiger partial charge in [0.2, 0.25) is 0 Å². The fraction of sp³-hybridized carbons (Fsp3) is 0.250. The number of aromatic nitrogens is 1. The van der Waals surface area contributed by atoms with E-state index in [1.54, 1.807) is 12.3 Å². The summed E-state index contributed by atoms with van der Waals surface area (Å²) in [4.78, 5) is 22.8. The van der Waals surface area contributed by atoms with E-state index in [0.717, 1.165) is 15.6 Å². The number of anilines is 1. The maximum Gasteiger partial charge on any atom is 0.256 e. The molecule has 4 rings (SSSR count). The summed E-state index contributed by atoms with van der Waals surface area (Å²) in [5.41, 5.74) is 3.93. The number of para-hydroxylation sites is 2. The van der Waals surface area contributed by atoms with Crippen LogP contribution in [-0.2, 0) is 0 Å². The molecule has 5 nitrogen and oxygen atoms in total. The Bertz CT molecular complexity index is 1060. The van der Waals surface area contributed by atoms with E-state index in [-0.39, 0.29) is 11.7 Å². The molecular formula is C24H25N3O2S. The zero-order chi connectivity index (χ0) is 21.1. The Morgan fingerprint density at radius 2 is 1.73 bits per heavy atom. The highest BCUT2D eigenvalue weighted by molar-refractivity contribution is 7.99. The Morgan fingerprint density at radius 1 is 0.967 bits per heavy atom. The van der Waals surface area contributed by atoms with E-state index in [2.05, 4.69) is 41.9 Å². The molecule has 1 aliphatic rings. The molecule has 154 valence electrons. The second-order valence-corrected chi connectivity index (χ2v) is 8.53. The number of carbonyl (C=O) groups is 1.